The Hall–Kier alpha value is -4.35. The summed E-state index contributed by atoms with van der Waals surface area (Å²) in [6, 6.07) is 11.6. The molecule has 2 aromatic rings. The molecule has 12 nitrogen and oxygen atoms in total. The molecule has 1 spiro atoms. The fourth-order valence-corrected chi connectivity index (χ4v) is 4.93. The van der Waals surface area contributed by atoms with E-state index in [0.717, 1.165) is 18.7 Å². The van der Waals surface area contributed by atoms with Crippen LogP contribution in [0.25, 0.3) is 0 Å². The van der Waals surface area contributed by atoms with E-state index >= 15 is 0 Å². The van der Waals surface area contributed by atoms with Crippen LogP contribution in [0.15, 0.2) is 42.5 Å². The number of nitro groups is 1. The molecule has 0 atom stereocenters. The van der Waals surface area contributed by atoms with Crippen LogP contribution in [0.3, 0.4) is 0 Å². The van der Waals surface area contributed by atoms with Crippen molar-refractivity contribution in [2.24, 2.45) is 0 Å². The van der Waals surface area contributed by atoms with Gasteiger partial charge >= 0.3 is 12.1 Å². The van der Waals surface area contributed by atoms with Gasteiger partial charge in [-0.05, 0) is 31.2 Å². The maximum Gasteiger partial charge on any atom is 0.411 e. The molecule has 2 aliphatic rings. The molecule has 2 aromatic carbocycles. The fourth-order valence-electron chi connectivity index (χ4n) is 4.93. The van der Waals surface area contributed by atoms with Gasteiger partial charge in [-0.2, -0.15) is 0 Å². The Kier molecular flexibility index (Phi) is 7.99. The van der Waals surface area contributed by atoms with Crippen LogP contribution in [-0.4, -0.2) is 66.7 Å². The largest absolute Gasteiger partial charge is 0.493 e. The molecule has 1 saturated heterocycles. The Morgan fingerprint density at radius 2 is 1.84 bits per heavy atom. The summed E-state index contributed by atoms with van der Waals surface area (Å²) in [5, 5.41) is 14.3. The van der Waals surface area contributed by atoms with Crippen molar-refractivity contribution in [2.75, 3.05) is 27.3 Å². The van der Waals surface area contributed by atoms with Crippen LogP contribution in [0.4, 0.5) is 10.5 Å². The SMILES string of the molecule is COC(=O)c1cc(O[C@H]2CC[C@@]3(CC2)C(=O)NCCN3C(=O)OCc2ccccc2)c(OC)cc1[N+](=O)[O-]. The molecule has 1 saturated carbocycles. The highest BCUT2D eigenvalue weighted by molar-refractivity contribution is 5.95. The number of methoxy groups -OCH3 is 2. The van der Waals surface area contributed by atoms with Gasteiger partial charge in [0, 0.05) is 19.2 Å². The smallest absolute Gasteiger partial charge is 0.411 e. The van der Waals surface area contributed by atoms with Gasteiger partial charge in [-0.15, -0.1) is 0 Å². The molecule has 1 N–H and O–H groups in total. The number of piperazine rings is 1. The van der Waals surface area contributed by atoms with Crippen LogP contribution in [-0.2, 0) is 20.9 Å². The normalized spacial score (nSPS) is 20.8. The molecule has 1 aliphatic carbocycles. The average Bonchev–Trinajstić information content (AvgIpc) is 2.94. The lowest BCUT2D eigenvalue weighted by atomic mass is 9.77. The zero-order valence-electron chi connectivity index (χ0n) is 21.1. The van der Waals surface area contributed by atoms with E-state index in [0.29, 0.717) is 38.8 Å². The predicted octanol–water partition coefficient (Wildman–Crippen LogP) is 3.22. The van der Waals surface area contributed by atoms with Crippen molar-refractivity contribution >= 4 is 23.7 Å². The van der Waals surface area contributed by atoms with Crippen LogP contribution < -0.4 is 14.8 Å². The highest BCUT2D eigenvalue weighted by Crippen LogP contribution is 2.40. The Bertz CT molecular complexity index is 1210. The van der Waals surface area contributed by atoms with Gasteiger partial charge in [0.15, 0.2) is 11.5 Å². The number of nitrogens with zero attached hydrogens (tertiary/aromatic N) is 2. The zero-order valence-corrected chi connectivity index (χ0v) is 21.1. The molecule has 2 fully saturated rings. The van der Waals surface area contributed by atoms with Gasteiger partial charge in [0.2, 0.25) is 5.91 Å². The maximum absolute atomic E-state index is 13.0. The second-order valence-electron chi connectivity index (χ2n) is 9.07. The minimum atomic E-state index is -1.07. The quantitative estimate of drug-likeness (QED) is 0.326. The van der Waals surface area contributed by atoms with E-state index in [4.69, 9.17) is 14.2 Å². The van der Waals surface area contributed by atoms with Crippen LogP contribution >= 0.6 is 0 Å². The number of carbonyl (C=O) groups excluding carboxylic acids is 3. The first-order valence-electron chi connectivity index (χ1n) is 12.2. The molecule has 1 heterocycles. The van der Waals surface area contributed by atoms with Gasteiger partial charge in [-0.25, -0.2) is 9.59 Å². The number of benzene rings is 2. The highest BCUT2D eigenvalue weighted by Gasteiger charge is 2.51. The first kappa shape index (κ1) is 26.7. The molecule has 202 valence electrons. The summed E-state index contributed by atoms with van der Waals surface area (Å²) in [5.41, 5.74) is -0.952. The van der Waals surface area contributed by atoms with Gasteiger partial charge in [0.1, 0.15) is 17.7 Å². The first-order chi connectivity index (χ1) is 18.3. The lowest BCUT2D eigenvalue weighted by Crippen LogP contribution is -2.67. The summed E-state index contributed by atoms with van der Waals surface area (Å²) in [4.78, 5) is 50.5. The monoisotopic (exact) mass is 527 g/mol. The molecule has 1 aliphatic heterocycles. The van der Waals surface area contributed by atoms with Crippen molar-refractivity contribution in [1.29, 1.82) is 0 Å². The molecule has 0 bridgehead atoms. The van der Waals surface area contributed by atoms with E-state index in [2.05, 4.69) is 10.1 Å². The number of hydrogen-bond acceptors (Lipinski definition) is 9. The third kappa shape index (κ3) is 5.34. The Morgan fingerprint density at radius 3 is 2.47 bits per heavy atom. The maximum atomic E-state index is 13.0. The summed E-state index contributed by atoms with van der Waals surface area (Å²) in [5.74, 6) is -0.882. The number of esters is 1. The summed E-state index contributed by atoms with van der Waals surface area (Å²) < 4.78 is 21.6. The zero-order chi connectivity index (χ0) is 27.3. The average molecular weight is 528 g/mol. The van der Waals surface area contributed by atoms with E-state index in [1.165, 1.54) is 18.1 Å². The minimum Gasteiger partial charge on any atom is -0.493 e. The molecule has 0 aromatic heterocycles. The first-order valence-corrected chi connectivity index (χ1v) is 12.2. The number of nitro benzene ring substituents is 1. The third-order valence-corrected chi connectivity index (χ3v) is 6.92. The molecule has 4 rings (SSSR count). The van der Waals surface area contributed by atoms with E-state index in [1.807, 2.05) is 30.3 Å². The molecular weight excluding hydrogens is 498 g/mol. The second-order valence-corrected chi connectivity index (χ2v) is 9.07. The number of rotatable bonds is 7. The molecular formula is C26H29N3O9. The van der Waals surface area contributed by atoms with Crippen LogP contribution in [0.2, 0.25) is 0 Å². The number of nitrogens with one attached hydrogen (secondary N) is 1. The summed E-state index contributed by atoms with van der Waals surface area (Å²) in [6.07, 6.45) is 0.514. The van der Waals surface area contributed by atoms with E-state index < -0.39 is 34.3 Å². The summed E-state index contributed by atoms with van der Waals surface area (Å²) >= 11 is 0. The molecule has 2 amide bonds. The Labute approximate surface area is 218 Å². The van der Waals surface area contributed by atoms with Crippen molar-refractivity contribution < 1.29 is 38.3 Å². The van der Waals surface area contributed by atoms with Gasteiger partial charge in [0.05, 0.1) is 31.3 Å². The summed E-state index contributed by atoms with van der Waals surface area (Å²) in [6.45, 7) is 0.753. The Balaban J connectivity index is 1.48. The second kappa shape index (κ2) is 11.4. The number of ether oxygens (including phenoxy) is 4. The standard InChI is InChI=1S/C26H29N3O9/c1-35-21-15-20(29(33)34)19(23(30)36-2)14-22(21)38-18-8-10-26(11-9-18)24(31)27-12-13-28(26)25(32)37-16-17-6-4-3-5-7-17/h3-7,14-15,18H,8-13,16H2,1-2H3,(H,27,31)/t18-,26+. The molecule has 38 heavy (non-hydrogen) atoms. The highest BCUT2D eigenvalue weighted by atomic mass is 16.6. The number of carbonyl (C=O) groups is 3. The minimum absolute atomic E-state index is 0.0890. The van der Waals surface area contributed by atoms with Crippen LogP contribution in [0.5, 0.6) is 11.5 Å². The Morgan fingerprint density at radius 1 is 1.13 bits per heavy atom. The lowest BCUT2D eigenvalue weighted by molar-refractivity contribution is -0.385. The topological polar surface area (TPSA) is 147 Å². The third-order valence-electron chi connectivity index (χ3n) is 6.92. The van der Waals surface area contributed by atoms with Crippen molar-refractivity contribution in [1.82, 2.24) is 10.2 Å². The van der Waals surface area contributed by atoms with Crippen molar-refractivity contribution in [2.45, 2.75) is 43.9 Å². The van der Waals surface area contributed by atoms with E-state index in [-0.39, 0.29) is 29.6 Å². The number of amides is 2. The van der Waals surface area contributed by atoms with Gasteiger partial charge in [-0.3, -0.25) is 19.8 Å². The van der Waals surface area contributed by atoms with E-state index in [1.54, 1.807) is 0 Å². The van der Waals surface area contributed by atoms with Gasteiger partial charge in [0.25, 0.3) is 5.69 Å². The molecule has 12 heteroatoms. The summed E-state index contributed by atoms with van der Waals surface area (Å²) in [7, 11) is 2.47. The fraction of sp³-hybridized carbons (Fsp3) is 0.423. The van der Waals surface area contributed by atoms with Gasteiger partial charge < -0.3 is 24.3 Å². The van der Waals surface area contributed by atoms with E-state index in [9.17, 15) is 24.5 Å². The van der Waals surface area contributed by atoms with Crippen molar-refractivity contribution in [3.63, 3.8) is 0 Å². The van der Waals surface area contributed by atoms with Gasteiger partial charge in [-0.1, -0.05) is 30.3 Å². The lowest BCUT2D eigenvalue weighted by Gasteiger charge is -2.48. The van der Waals surface area contributed by atoms with Crippen LogP contribution in [0, 0.1) is 10.1 Å². The molecule has 0 radical (unpaired) electrons. The van der Waals surface area contributed by atoms with Crippen molar-refractivity contribution in [3.8, 4) is 11.5 Å². The number of hydrogen-bond donors (Lipinski definition) is 1. The molecule has 0 unspecified atom stereocenters. The van der Waals surface area contributed by atoms with Crippen molar-refractivity contribution in [3.05, 3.63) is 63.7 Å². The van der Waals surface area contributed by atoms with Crippen LogP contribution in [0.1, 0.15) is 41.6 Å². The predicted molar refractivity (Wildman–Crippen MR) is 133 cm³/mol.